The third kappa shape index (κ3) is 6.95. The minimum absolute atomic E-state index is 0.0432. The highest BCUT2D eigenvalue weighted by atomic mass is 32.1. The third-order valence-corrected chi connectivity index (χ3v) is 7.96. The zero-order valence-corrected chi connectivity index (χ0v) is 24.4. The van der Waals surface area contributed by atoms with Crippen LogP contribution in [0.3, 0.4) is 0 Å². The molecule has 1 aromatic heterocycles. The lowest BCUT2D eigenvalue weighted by atomic mass is 9.92. The number of fused-ring (bicyclic) bond motifs is 1. The number of methoxy groups -OCH3 is 1. The van der Waals surface area contributed by atoms with Crippen molar-refractivity contribution in [1.29, 1.82) is 0 Å². The smallest absolute Gasteiger partial charge is 0.309 e. The summed E-state index contributed by atoms with van der Waals surface area (Å²) in [5, 5.41) is 4.23. The van der Waals surface area contributed by atoms with Gasteiger partial charge in [0, 0.05) is 11.1 Å². The maximum absolute atomic E-state index is 12.8. The molecule has 1 atom stereocenters. The van der Waals surface area contributed by atoms with E-state index in [9.17, 15) is 9.59 Å². The Kier molecular flexibility index (Phi) is 9.46. The fourth-order valence-electron chi connectivity index (χ4n) is 4.95. The Balaban J connectivity index is 1.23. The second-order valence-electron chi connectivity index (χ2n) is 9.80. The Hall–Kier alpha value is -4.69. The zero-order valence-electron chi connectivity index (χ0n) is 23.6. The van der Waals surface area contributed by atoms with E-state index in [2.05, 4.69) is 5.16 Å². The molecule has 7 nitrogen and oxygen atoms in total. The average molecular weight is 581 g/mol. The average Bonchev–Trinajstić information content (AvgIpc) is 3.34. The van der Waals surface area contributed by atoms with E-state index in [-0.39, 0.29) is 16.8 Å². The molecule has 8 heteroatoms. The van der Waals surface area contributed by atoms with Crippen molar-refractivity contribution in [3.05, 3.63) is 135 Å². The quantitative estimate of drug-likeness (QED) is 0.101. The van der Waals surface area contributed by atoms with Crippen LogP contribution in [0.5, 0.6) is 5.75 Å². The number of thiazole rings is 1. The van der Waals surface area contributed by atoms with Crippen molar-refractivity contribution in [2.24, 2.45) is 11.1 Å². The molecule has 0 aliphatic heterocycles. The number of nitrogens with zero attached hydrogens (tertiary/aromatic N) is 2. The van der Waals surface area contributed by atoms with Crippen molar-refractivity contribution in [2.75, 3.05) is 20.8 Å². The Morgan fingerprint density at radius 1 is 0.833 bits per heavy atom. The van der Waals surface area contributed by atoms with E-state index in [0.717, 1.165) is 32.5 Å². The molecule has 0 saturated heterocycles. The number of ether oxygens (including phenoxy) is 2. The van der Waals surface area contributed by atoms with Crippen LogP contribution in [0.2, 0.25) is 0 Å². The largest absolute Gasteiger partial charge is 0.492 e. The van der Waals surface area contributed by atoms with Gasteiger partial charge >= 0.3 is 10.8 Å². The van der Waals surface area contributed by atoms with E-state index < -0.39 is 0 Å². The van der Waals surface area contributed by atoms with Crippen LogP contribution in [0.25, 0.3) is 10.2 Å². The molecule has 1 heterocycles. The van der Waals surface area contributed by atoms with E-state index in [4.69, 9.17) is 14.3 Å². The first-order valence-corrected chi connectivity index (χ1v) is 14.5. The van der Waals surface area contributed by atoms with Crippen molar-refractivity contribution >= 4 is 33.2 Å². The van der Waals surface area contributed by atoms with Gasteiger partial charge in [0.05, 0.1) is 29.8 Å². The maximum atomic E-state index is 12.8. The number of oxime groups is 1. The Bertz CT molecular complexity index is 1710. The molecular weight excluding hydrogens is 548 g/mol. The molecule has 214 valence electrons. The summed E-state index contributed by atoms with van der Waals surface area (Å²) in [4.78, 5) is 30.3. The molecule has 42 heavy (non-hydrogen) atoms. The van der Waals surface area contributed by atoms with Crippen LogP contribution >= 0.6 is 11.3 Å². The SMILES string of the molecule is CON=C(c1ccccc1)c1ccc2c(c1)sc(=O)n2CCOc1ccc(CC(Cc2ccccc2)C(=O)OC)cc1. The van der Waals surface area contributed by atoms with Gasteiger partial charge in [0.15, 0.2) is 0 Å². The van der Waals surface area contributed by atoms with Crippen molar-refractivity contribution in [1.82, 2.24) is 4.57 Å². The van der Waals surface area contributed by atoms with Gasteiger partial charge in [0.2, 0.25) is 0 Å². The Morgan fingerprint density at radius 3 is 2.17 bits per heavy atom. The summed E-state index contributed by atoms with van der Waals surface area (Å²) in [6, 6.07) is 33.3. The number of carbonyl (C=O) groups is 1. The van der Waals surface area contributed by atoms with Crippen LogP contribution in [0, 0.1) is 5.92 Å². The zero-order chi connectivity index (χ0) is 29.3. The van der Waals surface area contributed by atoms with Gasteiger partial charge < -0.3 is 14.3 Å². The molecule has 5 aromatic rings. The summed E-state index contributed by atoms with van der Waals surface area (Å²) < 4.78 is 13.6. The number of hydrogen-bond donors (Lipinski definition) is 0. The number of hydrogen-bond acceptors (Lipinski definition) is 7. The monoisotopic (exact) mass is 580 g/mol. The molecule has 5 rings (SSSR count). The number of carbonyl (C=O) groups excluding carboxylic acids is 1. The summed E-state index contributed by atoms with van der Waals surface area (Å²) in [7, 11) is 2.95. The number of benzene rings is 4. The lowest BCUT2D eigenvalue weighted by Crippen LogP contribution is -2.21. The van der Waals surface area contributed by atoms with Crippen LogP contribution in [0.15, 0.2) is 113 Å². The Morgan fingerprint density at radius 2 is 1.50 bits per heavy atom. The van der Waals surface area contributed by atoms with Crippen LogP contribution in [0.1, 0.15) is 22.3 Å². The molecule has 1 unspecified atom stereocenters. The van der Waals surface area contributed by atoms with Gasteiger partial charge in [-0.2, -0.15) is 0 Å². The predicted octanol–water partition coefficient (Wildman–Crippen LogP) is 6.12. The highest BCUT2D eigenvalue weighted by Crippen LogP contribution is 2.23. The summed E-state index contributed by atoms with van der Waals surface area (Å²) in [5.74, 6) is 0.213. The normalized spacial score (nSPS) is 12.2. The fourth-order valence-corrected chi connectivity index (χ4v) is 5.91. The summed E-state index contributed by atoms with van der Waals surface area (Å²) in [6.07, 6.45) is 1.19. The minimum Gasteiger partial charge on any atom is -0.492 e. The fraction of sp³-hybridized carbons (Fsp3) is 0.206. The van der Waals surface area contributed by atoms with E-state index in [0.29, 0.717) is 37.5 Å². The second kappa shape index (κ2) is 13.8. The molecule has 0 bridgehead atoms. The molecule has 0 fully saturated rings. The summed E-state index contributed by atoms with van der Waals surface area (Å²) in [6.45, 7) is 0.755. The predicted molar refractivity (Wildman–Crippen MR) is 166 cm³/mol. The van der Waals surface area contributed by atoms with Crippen LogP contribution < -0.4 is 9.61 Å². The van der Waals surface area contributed by atoms with Crippen molar-refractivity contribution < 1.29 is 19.1 Å². The first kappa shape index (κ1) is 28.8. The van der Waals surface area contributed by atoms with Crippen molar-refractivity contribution in [2.45, 2.75) is 19.4 Å². The highest BCUT2D eigenvalue weighted by molar-refractivity contribution is 7.16. The summed E-state index contributed by atoms with van der Waals surface area (Å²) in [5.41, 5.74) is 5.48. The van der Waals surface area contributed by atoms with Gasteiger partial charge in [-0.15, -0.1) is 0 Å². The molecule has 0 aliphatic rings. The molecule has 0 N–H and O–H groups in total. The van der Waals surface area contributed by atoms with Gasteiger partial charge in [-0.1, -0.05) is 95.4 Å². The van der Waals surface area contributed by atoms with E-state index in [1.807, 2.05) is 103 Å². The van der Waals surface area contributed by atoms with E-state index in [1.54, 1.807) is 4.57 Å². The molecule has 0 spiro atoms. The van der Waals surface area contributed by atoms with Gasteiger partial charge in [-0.3, -0.25) is 14.2 Å². The van der Waals surface area contributed by atoms with Gasteiger partial charge in [0.25, 0.3) is 0 Å². The number of rotatable bonds is 12. The van der Waals surface area contributed by atoms with Crippen LogP contribution in [0.4, 0.5) is 0 Å². The maximum Gasteiger partial charge on any atom is 0.309 e. The standard InChI is InChI=1S/C34H32N2O5S/c1-39-33(37)28(21-24-9-5-3-6-10-24)22-25-13-16-29(17-14-25)41-20-19-36-30-18-15-27(23-31(30)42-34(36)38)32(35-40-2)26-11-7-4-8-12-26/h3-18,23,28H,19-22H2,1-2H3. The van der Waals surface area contributed by atoms with Gasteiger partial charge in [-0.05, 0) is 48.2 Å². The Labute approximate surface area is 248 Å². The van der Waals surface area contributed by atoms with Crippen molar-refractivity contribution in [3.8, 4) is 5.75 Å². The second-order valence-corrected chi connectivity index (χ2v) is 10.8. The number of esters is 1. The lowest BCUT2D eigenvalue weighted by molar-refractivity contribution is -0.145. The first-order chi connectivity index (χ1) is 20.6. The van der Waals surface area contributed by atoms with E-state index in [1.165, 1.54) is 25.6 Å². The topological polar surface area (TPSA) is 79.1 Å². The summed E-state index contributed by atoms with van der Waals surface area (Å²) >= 11 is 1.20. The molecule has 0 radical (unpaired) electrons. The molecular formula is C34H32N2O5S. The lowest BCUT2D eigenvalue weighted by Gasteiger charge is -2.15. The van der Waals surface area contributed by atoms with Crippen LogP contribution in [-0.2, 0) is 33.8 Å². The molecule has 0 saturated carbocycles. The van der Waals surface area contributed by atoms with Gasteiger partial charge in [-0.25, -0.2) is 0 Å². The molecule has 0 aliphatic carbocycles. The number of aromatic nitrogens is 1. The van der Waals surface area contributed by atoms with Crippen LogP contribution in [-0.4, -0.2) is 37.1 Å². The van der Waals surface area contributed by atoms with Gasteiger partial charge in [0.1, 0.15) is 25.2 Å². The first-order valence-electron chi connectivity index (χ1n) is 13.7. The third-order valence-electron chi connectivity index (χ3n) is 7.02. The minimum atomic E-state index is -0.270. The van der Waals surface area contributed by atoms with E-state index >= 15 is 0 Å². The molecule has 4 aromatic carbocycles. The van der Waals surface area contributed by atoms with Crippen molar-refractivity contribution in [3.63, 3.8) is 0 Å². The molecule has 0 amide bonds. The highest BCUT2D eigenvalue weighted by Gasteiger charge is 2.20.